The molecule has 2 saturated heterocycles. The third kappa shape index (κ3) is 6.52. The molecule has 0 saturated carbocycles. The van der Waals surface area contributed by atoms with E-state index in [1.165, 1.54) is 32.5 Å². The largest absolute Gasteiger partial charge is 0.371 e. The lowest BCUT2D eigenvalue weighted by Gasteiger charge is -2.37. The third-order valence-electron chi connectivity index (χ3n) is 7.13. The molecule has 8 nitrogen and oxygen atoms in total. The van der Waals surface area contributed by atoms with E-state index < -0.39 is 0 Å². The van der Waals surface area contributed by atoms with E-state index in [0.717, 1.165) is 50.4 Å². The van der Waals surface area contributed by atoms with Gasteiger partial charge in [-0.05, 0) is 51.8 Å². The van der Waals surface area contributed by atoms with Gasteiger partial charge in [0, 0.05) is 75.7 Å². The Hall–Kier alpha value is -2.55. The fourth-order valence-corrected chi connectivity index (χ4v) is 4.82. The molecule has 1 amide bonds. The smallest absolute Gasteiger partial charge is 0.255 e. The predicted octanol–water partition coefficient (Wildman–Crippen LogP) is 2.62. The minimum atomic E-state index is -0.134. The normalized spacial score (nSPS) is 18.4. The van der Waals surface area contributed by atoms with Gasteiger partial charge in [-0.3, -0.25) is 14.6 Å². The van der Waals surface area contributed by atoms with Crippen LogP contribution in [-0.2, 0) is 0 Å². The van der Waals surface area contributed by atoms with Gasteiger partial charge in [-0.1, -0.05) is 6.07 Å². The van der Waals surface area contributed by atoms with Crippen molar-refractivity contribution in [3.63, 3.8) is 0 Å². The Morgan fingerprint density at radius 3 is 2.59 bits per heavy atom. The van der Waals surface area contributed by atoms with Gasteiger partial charge >= 0.3 is 0 Å². The van der Waals surface area contributed by atoms with Gasteiger partial charge in [-0.25, -0.2) is 9.97 Å². The summed E-state index contributed by atoms with van der Waals surface area (Å²) in [6.45, 7) is 15.4. The van der Waals surface area contributed by atoms with Crippen molar-refractivity contribution in [2.45, 2.75) is 45.7 Å². The van der Waals surface area contributed by atoms with Gasteiger partial charge in [0.1, 0.15) is 6.33 Å². The Kier molecular flexibility index (Phi) is 8.48. The fraction of sp³-hybridized carbons (Fsp3) is 0.577. The van der Waals surface area contributed by atoms with Gasteiger partial charge in [0.25, 0.3) is 5.91 Å². The lowest BCUT2D eigenvalue weighted by Crippen LogP contribution is -2.51. The molecule has 2 aliphatic rings. The van der Waals surface area contributed by atoms with E-state index in [0.29, 0.717) is 23.3 Å². The zero-order chi connectivity index (χ0) is 23.9. The molecule has 4 rings (SSSR count). The summed E-state index contributed by atoms with van der Waals surface area (Å²) in [5.74, 6) is -0.134. The van der Waals surface area contributed by atoms with Crippen LogP contribution in [0.5, 0.6) is 0 Å². The summed E-state index contributed by atoms with van der Waals surface area (Å²) in [6, 6.07) is 9.12. The van der Waals surface area contributed by atoms with Crippen molar-refractivity contribution in [3.05, 3.63) is 48.0 Å². The summed E-state index contributed by atoms with van der Waals surface area (Å²) >= 11 is 0. The summed E-state index contributed by atoms with van der Waals surface area (Å²) in [5, 5.41) is 6.70. The number of rotatable bonds is 8. The van der Waals surface area contributed by atoms with Crippen molar-refractivity contribution in [1.29, 1.82) is 0 Å². The van der Waals surface area contributed by atoms with Crippen LogP contribution in [0.15, 0.2) is 36.8 Å². The number of carbonyl (C=O) groups is 1. The Bertz CT molecular complexity index is 934. The first kappa shape index (κ1) is 24.6. The van der Waals surface area contributed by atoms with Crippen LogP contribution in [0.3, 0.4) is 0 Å². The van der Waals surface area contributed by atoms with Gasteiger partial charge in [0.05, 0.1) is 17.6 Å². The highest BCUT2D eigenvalue weighted by Gasteiger charge is 2.21. The maximum absolute atomic E-state index is 12.8. The van der Waals surface area contributed by atoms with E-state index >= 15 is 0 Å². The molecule has 0 atom stereocenters. The second-order valence-electron chi connectivity index (χ2n) is 9.71. The lowest BCUT2D eigenvalue weighted by atomic mass is 10.0. The number of aryl methyl sites for hydroxylation is 1. The zero-order valence-electron chi connectivity index (χ0n) is 20.8. The molecule has 184 valence electrons. The molecule has 8 heteroatoms. The van der Waals surface area contributed by atoms with Gasteiger partial charge in [-0.15, -0.1) is 0 Å². The number of aromatic nitrogens is 2. The second-order valence-corrected chi connectivity index (χ2v) is 9.71. The number of anilines is 2. The van der Waals surface area contributed by atoms with E-state index in [2.05, 4.69) is 55.2 Å². The Morgan fingerprint density at radius 2 is 1.88 bits per heavy atom. The van der Waals surface area contributed by atoms with Gasteiger partial charge in [0.2, 0.25) is 0 Å². The number of benzene rings is 1. The van der Waals surface area contributed by atoms with E-state index in [4.69, 9.17) is 0 Å². The van der Waals surface area contributed by atoms with Gasteiger partial charge in [0.15, 0.2) is 0 Å². The Labute approximate surface area is 203 Å². The molecule has 1 aromatic heterocycles. The minimum absolute atomic E-state index is 0.134. The van der Waals surface area contributed by atoms with E-state index in [9.17, 15) is 4.79 Å². The maximum Gasteiger partial charge on any atom is 0.255 e. The summed E-state index contributed by atoms with van der Waals surface area (Å²) in [5.41, 5.74) is 3.16. The molecule has 2 aromatic rings. The first-order valence-corrected chi connectivity index (χ1v) is 12.6. The monoisotopic (exact) mass is 465 g/mol. The average molecular weight is 466 g/mol. The summed E-state index contributed by atoms with van der Waals surface area (Å²) in [7, 11) is 0. The number of nitrogens with zero attached hydrogens (tertiary/aromatic N) is 5. The van der Waals surface area contributed by atoms with Crippen molar-refractivity contribution in [3.8, 4) is 0 Å². The molecule has 34 heavy (non-hydrogen) atoms. The molecule has 1 aromatic carbocycles. The summed E-state index contributed by atoms with van der Waals surface area (Å²) in [4.78, 5) is 28.4. The molecule has 0 radical (unpaired) electrons. The first-order chi connectivity index (χ1) is 16.5. The number of hydrogen-bond acceptors (Lipinski definition) is 7. The van der Waals surface area contributed by atoms with Crippen molar-refractivity contribution in [2.75, 3.05) is 62.6 Å². The standard InChI is InChI=1S/C26H39N7O/c1-20(2)32-15-13-31(14-16-32)12-9-28-23-7-10-33(11-8-23)24-6-4-5-22(17-24)26(34)30-25-18-27-19-29-21(25)3/h4-6,17-20,23,28H,7-16H2,1-3H3,(H,30,34). The minimum Gasteiger partial charge on any atom is -0.371 e. The quantitative estimate of drug-likeness (QED) is 0.621. The van der Waals surface area contributed by atoms with Crippen molar-refractivity contribution >= 4 is 17.3 Å². The van der Waals surface area contributed by atoms with E-state index in [-0.39, 0.29) is 5.91 Å². The SMILES string of the molecule is Cc1ncncc1NC(=O)c1cccc(N2CCC(NCCN3CCN(C(C)C)CC3)CC2)c1. The van der Waals surface area contributed by atoms with Gasteiger partial charge in [-0.2, -0.15) is 0 Å². The highest BCUT2D eigenvalue weighted by Crippen LogP contribution is 2.22. The molecule has 2 aliphatic heterocycles. The van der Waals surface area contributed by atoms with Crippen LogP contribution in [0.1, 0.15) is 42.7 Å². The number of hydrogen-bond donors (Lipinski definition) is 2. The van der Waals surface area contributed by atoms with Crippen LogP contribution in [0.25, 0.3) is 0 Å². The molecule has 0 spiro atoms. The lowest BCUT2D eigenvalue weighted by molar-refractivity contribution is 0.102. The second kappa shape index (κ2) is 11.7. The van der Waals surface area contributed by atoms with Crippen LogP contribution in [0.2, 0.25) is 0 Å². The molecule has 0 unspecified atom stereocenters. The highest BCUT2D eigenvalue weighted by atomic mass is 16.1. The van der Waals surface area contributed by atoms with Crippen LogP contribution >= 0.6 is 0 Å². The molecule has 2 N–H and O–H groups in total. The van der Waals surface area contributed by atoms with E-state index in [1.54, 1.807) is 6.20 Å². The number of carbonyl (C=O) groups excluding carboxylic acids is 1. The maximum atomic E-state index is 12.8. The molecule has 2 fully saturated rings. The van der Waals surface area contributed by atoms with E-state index in [1.807, 2.05) is 25.1 Å². The highest BCUT2D eigenvalue weighted by molar-refractivity contribution is 6.05. The zero-order valence-corrected chi connectivity index (χ0v) is 20.8. The van der Waals surface area contributed by atoms with Crippen LogP contribution in [0.4, 0.5) is 11.4 Å². The van der Waals surface area contributed by atoms with Crippen LogP contribution in [-0.4, -0.2) is 90.1 Å². The first-order valence-electron chi connectivity index (χ1n) is 12.6. The Balaban J connectivity index is 1.21. The number of nitrogens with one attached hydrogen (secondary N) is 2. The number of piperazine rings is 1. The summed E-state index contributed by atoms with van der Waals surface area (Å²) < 4.78 is 0. The molecular weight excluding hydrogens is 426 g/mol. The third-order valence-corrected chi connectivity index (χ3v) is 7.13. The molecule has 0 aliphatic carbocycles. The molecular formula is C26H39N7O. The van der Waals surface area contributed by atoms with Crippen LogP contribution in [0, 0.1) is 6.92 Å². The molecule has 0 bridgehead atoms. The fourth-order valence-electron chi connectivity index (χ4n) is 4.82. The van der Waals surface area contributed by atoms with Crippen LogP contribution < -0.4 is 15.5 Å². The molecule has 3 heterocycles. The summed E-state index contributed by atoms with van der Waals surface area (Å²) in [6.07, 6.45) is 5.36. The average Bonchev–Trinajstić information content (AvgIpc) is 2.86. The van der Waals surface area contributed by atoms with Crippen molar-refractivity contribution < 1.29 is 4.79 Å². The van der Waals surface area contributed by atoms with Gasteiger partial charge < -0.3 is 15.5 Å². The number of piperidine rings is 1. The number of amides is 1. The van der Waals surface area contributed by atoms with Crippen molar-refractivity contribution in [1.82, 2.24) is 25.1 Å². The predicted molar refractivity (Wildman–Crippen MR) is 138 cm³/mol. The topological polar surface area (TPSA) is 76.6 Å². The Morgan fingerprint density at radius 1 is 1.12 bits per heavy atom. The van der Waals surface area contributed by atoms with Crippen molar-refractivity contribution in [2.24, 2.45) is 0 Å².